The van der Waals surface area contributed by atoms with Gasteiger partial charge in [-0.1, -0.05) is 18.9 Å². The first-order valence-corrected chi connectivity index (χ1v) is 9.67. The third kappa shape index (κ3) is 3.91. The average molecular weight is 337 g/mol. The van der Waals surface area contributed by atoms with Crippen LogP contribution < -0.4 is 10.0 Å². The zero-order valence-corrected chi connectivity index (χ0v) is 13.9. The quantitative estimate of drug-likeness (QED) is 0.857. The molecule has 23 heavy (non-hydrogen) atoms. The minimum absolute atomic E-state index is 0.0209. The van der Waals surface area contributed by atoms with E-state index in [4.69, 9.17) is 0 Å². The molecule has 7 heteroatoms. The van der Waals surface area contributed by atoms with E-state index in [0.29, 0.717) is 18.7 Å². The average Bonchev–Trinajstić information content (AvgIpc) is 3.07. The molecule has 6 nitrogen and oxygen atoms in total. The van der Waals surface area contributed by atoms with Crippen molar-refractivity contribution in [2.24, 2.45) is 0 Å². The molecule has 1 saturated heterocycles. The molecule has 3 rings (SSSR count). The molecule has 0 unspecified atom stereocenters. The molecule has 0 aromatic heterocycles. The lowest BCUT2D eigenvalue weighted by Gasteiger charge is -2.27. The number of hydrogen-bond acceptors (Lipinski definition) is 4. The summed E-state index contributed by atoms with van der Waals surface area (Å²) in [6.07, 6.45) is 3.90. The molecule has 1 heterocycles. The first kappa shape index (κ1) is 16.4. The number of nitrogens with one attached hydrogen (secondary N) is 2. The highest BCUT2D eigenvalue weighted by molar-refractivity contribution is 7.89. The molecule has 2 aliphatic rings. The molecule has 1 aromatic carbocycles. The van der Waals surface area contributed by atoms with Crippen LogP contribution in [0.15, 0.2) is 29.2 Å². The zero-order chi connectivity index (χ0) is 16.3. The Balaban J connectivity index is 1.77. The van der Waals surface area contributed by atoms with E-state index in [-0.39, 0.29) is 16.8 Å². The van der Waals surface area contributed by atoms with Gasteiger partial charge in [0.25, 0.3) is 5.91 Å². The second-order valence-electron chi connectivity index (χ2n) is 6.17. The Morgan fingerprint density at radius 1 is 1.17 bits per heavy atom. The van der Waals surface area contributed by atoms with E-state index in [1.165, 1.54) is 6.07 Å². The Kier molecular flexibility index (Phi) is 4.99. The highest BCUT2D eigenvalue weighted by atomic mass is 32.2. The van der Waals surface area contributed by atoms with Crippen molar-refractivity contribution >= 4 is 15.9 Å². The van der Waals surface area contributed by atoms with Crippen molar-refractivity contribution in [3.05, 3.63) is 29.8 Å². The lowest BCUT2D eigenvalue weighted by atomic mass is 10.2. The maximum atomic E-state index is 12.5. The predicted molar refractivity (Wildman–Crippen MR) is 87.8 cm³/mol. The standard InChI is InChI=1S/C16H23N3O3S/c20-16(19-10-8-17-9-11-19)13-4-3-7-15(12-13)23(21,22)18-14-5-1-2-6-14/h3-4,7,12,14,17-18H,1-2,5-6,8-11H2. The van der Waals surface area contributed by atoms with Gasteiger partial charge in [-0.25, -0.2) is 13.1 Å². The van der Waals surface area contributed by atoms with Crippen LogP contribution in [0.4, 0.5) is 0 Å². The number of sulfonamides is 1. The maximum absolute atomic E-state index is 12.5. The van der Waals surface area contributed by atoms with E-state index >= 15 is 0 Å². The molecular formula is C16H23N3O3S. The lowest BCUT2D eigenvalue weighted by Crippen LogP contribution is -2.46. The Labute approximate surface area is 137 Å². The molecule has 126 valence electrons. The van der Waals surface area contributed by atoms with Gasteiger partial charge in [-0.15, -0.1) is 0 Å². The third-order valence-electron chi connectivity index (χ3n) is 4.47. The number of piperazine rings is 1. The van der Waals surface area contributed by atoms with Gasteiger partial charge in [-0.2, -0.15) is 0 Å². The fourth-order valence-electron chi connectivity index (χ4n) is 3.18. The minimum atomic E-state index is -3.56. The largest absolute Gasteiger partial charge is 0.336 e. The van der Waals surface area contributed by atoms with Gasteiger partial charge in [0, 0.05) is 37.8 Å². The van der Waals surface area contributed by atoms with E-state index < -0.39 is 10.0 Å². The second-order valence-corrected chi connectivity index (χ2v) is 7.89. The molecular weight excluding hydrogens is 314 g/mol. The van der Waals surface area contributed by atoms with Crippen molar-refractivity contribution in [1.82, 2.24) is 14.9 Å². The van der Waals surface area contributed by atoms with Crippen LogP contribution >= 0.6 is 0 Å². The summed E-state index contributed by atoms with van der Waals surface area (Å²) in [4.78, 5) is 14.4. The Morgan fingerprint density at radius 2 is 1.87 bits per heavy atom. The zero-order valence-electron chi connectivity index (χ0n) is 13.1. The number of nitrogens with zero attached hydrogens (tertiary/aromatic N) is 1. The monoisotopic (exact) mass is 337 g/mol. The predicted octanol–water partition coefficient (Wildman–Crippen LogP) is 0.953. The van der Waals surface area contributed by atoms with Crippen LogP contribution in [0, 0.1) is 0 Å². The van der Waals surface area contributed by atoms with Crippen molar-refractivity contribution in [1.29, 1.82) is 0 Å². The molecule has 0 radical (unpaired) electrons. The maximum Gasteiger partial charge on any atom is 0.253 e. The fraction of sp³-hybridized carbons (Fsp3) is 0.562. The van der Waals surface area contributed by atoms with Gasteiger partial charge in [-0.3, -0.25) is 4.79 Å². The number of carbonyl (C=O) groups excluding carboxylic acids is 1. The van der Waals surface area contributed by atoms with Gasteiger partial charge in [0.1, 0.15) is 0 Å². The van der Waals surface area contributed by atoms with Crippen LogP contribution in [-0.2, 0) is 10.0 Å². The number of rotatable bonds is 4. The number of hydrogen-bond donors (Lipinski definition) is 2. The van der Waals surface area contributed by atoms with Gasteiger partial charge in [-0.05, 0) is 31.0 Å². The van der Waals surface area contributed by atoms with Crippen molar-refractivity contribution < 1.29 is 13.2 Å². The summed E-state index contributed by atoms with van der Waals surface area (Å²) in [5.74, 6) is -0.107. The molecule has 1 aliphatic carbocycles. The van der Waals surface area contributed by atoms with E-state index in [1.54, 1.807) is 23.1 Å². The summed E-state index contributed by atoms with van der Waals surface area (Å²) in [7, 11) is -3.56. The summed E-state index contributed by atoms with van der Waals surface area (Å²) in [5, 5.41) is 3.20. The van der Waals surface area contributed by atoms with Crippen molar-refractivity contribution in [2.75, 3.05) is 26.2 Å². The molecule has 0 spiro atoms. The highest BCUT2D eigenvalue weighted by Crippen LogP contribution is 2.21. The smallest absolute Gasteiger partial charge is 0.253 e. The first-order chi connectivity index (χ1) is 11.1. The SMILES string of the molecule is O=C(c1cccc(S(=O)(=O)NC2CCCC2)c1)N1CCNCC1. The summed E-state index contributed by atoms with van der Waals surface area (Å²) in [5.41, 5.74) is 0.432. The summed E-state index contributed by atoms with van der Waals surface area (Å²) < 4.78 is 27.7. The molecule has 1 saturated carbocycles. The van der Waals surface area contributed by atoms with Crippen molar-refractivity contribution in [3.63, 3.8) is 0 Å². The van der Waals surface area contributed by atoms with Crippen LogP contribution in [0.5, 0.6) is 0 Å². The Bertz CT molecular complexity index is 663. The topological polar surface area (TPSA) is 78.5 Å². The van der Waals surface area contributed by atoms with Gasteiger partial charge in [0.05, 0.1) is 4.90 Å². The summed E-state index contributed by atoms with van der Waals surface area (Å²) >= 11 is 0. The van der Waals surface area contributed by atoms with E-state index in [1.807, 2.05) is 0 Å². The Morgan fingerprint density at radius 3 is 2.57 bits per heavy atom. The van der Waals surface area contributed by atoms with Gasteiger partial charge in [0.2, 0.25) is 10.0 Å². The molecule has 1 aliphatic heterocycles. The van der Waals surface area contributed by atoms with Gasteiger partial charge < -0.3 is 10.2 Å². The van der Waals surface area contributed by atoms with E-state index in [9.17, 15) is 13.2 Å². The normalized spacial score (nSPS) is 19.9. The summed E-state index contributed by atoms with van der Waals surface area (Å²) in [6, 6.07) is 6.37. The number of amides is 1. The highest BCUT2D eigenvalue weighted by Gasteiger charge is 2.24. The van der Waals surface area contributed by atoms with E-state index in [2.05, 4.69) is 10.0 Å². The number of carbonyl (C=O) groups is 1. The minimum Gasteiger partial charge on any atom is -0.336 e. The molecule has 0 bridgehead atoms. The second kappa shape index (κ2) is 6.98. The molecule has 2 N–H and O–H groups in total. The van der Waals surface area contributed by atoms with Crippen molar-refractivity contribution in [3.8, 4) is 0 Å². The first-order valence-electron chi connectivity index (χ1n) is 8.19. The molecule has 1 aromatic rings. The number of benzene rings is 1. The molecule has 1 amide bonds. The van der Waals surface area contributed by atoms with Crippen LogP contribution in [0.2, 0.25) is 0 Å². The van der Waals surface area contributed by atoms with Crippen LogP contribution in [0.1, 0.15) is 36.0 Å². The van der Waals surface area contributed by atoms with Crippen LogP contribution in [-0.4, -0.2) is 51.4 Å². The van der Waals surface area contributed by atoms with Crippen molar-refractivity contribution in [2.45, 2.75) is 36.6 Å². The van der Waals surface area contributed by atoms with Crippen LogP contribution in [0.3, 0.4) is 0 Å². The van der Waals surface area contributed by atoms with E-state index in [0.717, 1.165) is 38.8 Å². The molecule has 2 fully saturated rings. The lowest BCUT2D eigenvalue weighted by molar-refractivity contribution is 0.0735. The fourth-order valence-corrected chi connectivity index (χ4v) is 4.53. The molecule has 0 atom stereocenters. The van der Waals surface area contributed by atoms with Gasteiger partial charge >= 0.3 is 0 Å². The van der Waals surface area contributed by atoms with Crippen LogP contribution in [0.25, 0.3) is 0 Å². The third-order valence-corrected chi connectivity index (χ3v) is 5.99. The van der Waals surface area contributed by atoms with Gasteiger partial charge in [0.15, 0.2) is 0 Å². The summed E-state index contributed by atoms with van der Waals surface area (Å²) in [6.45, 7) is 2.84. The Hall–Kier alpha value is -1.44.